The van der Waals surface area contributed by atoms with Crippen LogP contribution in [-0.4, -0.2) is 41.3 Å². The van der Waals surface area contributed by atoms with Crippen LogP contribution in [0.1, 0.15) is 63.5 Å². The minimum atomic E-state index is -0.984. The van der Waals surface area contributed by atoms with E-state index in [0.717, 1.165) is 28.7 Å². The van der Waals surface area contributed by atoms with Crippen LogP contribution in [-0.2, 0) is 14.3 Å². The summed E-state index contributed by atoms with van der Waals surface area (Å²) in [6.45, 7) is 5.49. The van der Waals surface area contributed by atoms with Crippen molar-refractivity contribution in [2.75, 3.05) is 6.61 Å². The molecule has 176 valence electrons. The third kappa shape index (κ3) is 6.34. The summed E-state index contributed by atoms with van der Waals surface area (Å²) in [6, 6.07) is 15.9. The number of benzene rings is 2. The molecule has 33 heavy (non-hydrogen) atoms. The van der Waals surface area contributed by atoms with Gasteiger partial charge in [-0.3, -0.25) is 9.59 Å². The first kappa shape index (κ1) is 24.3. The van der Waals surface area contributed by atoms with Gasteiger partial charge in [0.25, 0.3) is 0 Å². The van der Waals surface area contributed by atoms with E-state index in [0.29, 0.717) is 6.42 Å². The Hall–Kier alpha value is -3.35. The Kier molecular flexibility index (Phi) is 7.74. The fraction of sp³-hybridized carbons (Fsp3) is 0.423. The maximum absolute atomic E-state index is 12.6. The van der Waals surface area contributed by atoms with Crippen molar-refractivity contribution in [1.82, 2.24) is 10.6 Å². The number of hydrogen-bond acceptors (Lipinski definition) is 4. The number of aliphatic carboxylic acids is 1. The topological polar surface area (TPSA) is 105 Å². The monoisotopic (exact) mass is 452 g/mol. The number of amides is 2. The Morgan fingerprint density at radius 2 is 1.61 bits per heavy atom. The molecular weight excluding hydrogens is 420 g/mol. The Morgan fingerprint density at radius 3 is 2.15 bits per heavy atom. The van der Waals surface area contributed by atoms with E-state index in [2.05, 4.69) is 34.9 Å². The second kappa shape index (κ2) is 10.5. The van der Waals surface area contributed by atoms with E-state index in [1.807, 2.05) is 31.2 Å². The number of alkyl carbamates (subject to hydrolysis) is 1. The highest BCUT2D eigenvalue weighted by atomic mass is 16.5. The van der Waals surface area contributed by atoms with Crippen molar-refractivity contribution in [2.24, 2.45) is 0 Å². The molecule has 0 aliphatic heterocycles. The number of carbonyl (C=O) groups excluding carboxylic acids is 2. The summed E-state index contributed by atoms with van der Waals surface area (Å²) in [5.74, 6) is -1.33. The molecule has 7 nitrogen and oxygen atoms in total. The van der Waals surface area contributed by atoms with Gasteiger partial charge in [0, 0.05) is 23.9 Å². The molecule has 3 N–H and O–H groups in total. The molecule has 1 atom stereocenters. The second-order valence-corrected chi connectivity index (χ2v) is 9.16. The van der Waals surface area contributed by atoms with Crippen LogP contribution in [0.5, 0.6) is 0 Å². The maximum Gasteiger partial charge on any atom is 0.407 e. The van der Waals surface area contributed by atoms with Crippen LogP contribution in [0.25, 0.3) is 11.1 Å². The van der Waals surface area contributed by atoms with Crippen LogP contribution in [0.3, 0.4) is 0 Å². The first-order valence-corrected chi connectivity index (χ1v) is 11.3. The summed E-state index contributed by atoms with van der Waals surface area (Å²) < 4.78 is 5.59. The summed E-state index contributed by atoms with van der Waals surface area (Å²) in [4.78, 5) is 36.0. The van der Waals surface area contributed by atoms with Gasteiger partial charge in [-0.2, -0.15) is 0 Å². The van der Waals surface area contributed by atoms with Gasteiger partial charge in [0.15, 0.2) is 0 Å². The molecule has 0 aromatic heterocycles. The van der Waals surface area contributed by atoms with Crippen molar-refractivity contribution in [3.8, 4) is 11.1 Å². The Morgan fingerprint density at radius 1 is 1.03 bits per heavy atom. The molecule has 2 aromatic rings. The molecule has 0 heterocycles. The first-order valence-electron chi connectivity index (χ1n) is 11.3. The van der Waals surface area contributed by atoms with E-state index in [1.54, 1.807) is 13.8 Å². The van der Waals surface area contributed by atoms with Crippen LogP contribution in [0, 0.1) is 0 Å². The van der Waals surface area contributed by atoms with E-state index >= 15 is 0 Å². The number of ether oxygens (including phenoxy) is 1. The molecule has 0 bridgehead atoms. The van der Waals surface area contributed by atoms with Crippen molar-refractivity contribution in [3.63, 3.8) is 0 Å². The third-order valence-electron chi connectivity index (χ3n) is 5.81. The van der Waals surface area contributed by atoms with E-state index in [4.69, 9.17) is 9.84 Å². The molecule has 1 aliphatic rings. The van der Waals surface area contributed by atoms with Gasteiger partial charge in [-0.15, -0.1) is 0 Å². The Bertz CT molecular complexity index is 972. The van der Waals surface area contributed by atoms with Gasteiger partial charge in [0.05, 0.1) is 6.42 Å². The summed E-state index contributed by atoms with van der Waals surface area (Å²) in [7, 11) is 0. The lowest BCUT2D eigenvalue weighted by atomic mass is 9.98. The second-order valence-electron chi connectivity index (χ2n) is 9.16. The molecule has 0 spiro atoms. The molecule has 0 radical (unpaired) electrons. The predicted molar refractivity (Wildman–Crippen MR) is 126 cm³/mol. The van der Waals surface area contributed by atoms with Crippen molar-refractivity contribution >= 4 is 18.0 Å². The van der Waals surface area contributed by atoms with E-state index in [-0.39, 0.29) is 31.3 Å². The number of carbonyl (C=O) groups is 3. The zero-order valence-corrected chi connectivity index (χ0v) is 19.4. The average molecular weight is 453 g/mol. The highest BCUT2D eigenvalue weighted by Crippen LogP contribution is 2.44. The van der Waals surface area contributed by atoms with E-state index < -0.39 is 23.6 Å². The minimum Gasteiger partial charge on any atom is -0.481 e. The zero-order chi connectivity index (χ0) is 24.0. The standard InChI is InChI=1S/C26H32N2O5/c1-4-9-17(14-23(29)28-26(2,3)15-24(30)31)27-25(32)33-16-22-20-12-7-5-10-18(20)19-11-6-8-13-21(19)22/h5-8,10-13,17,22H,4,9,14-16H2,1-3H3,(H,27,32)(H,28,29)(H,30,31)/t17-/m0/s1. The van der Waals surface area contributed by atoms with E-state index in [1.165, 1.54) is 0 Å². The minimum absolute atomic E-state index is 0.0344. The average Bonchev–Trinajstić information content (AvgIpc) is 3.04. The molecule has 1 aliphatic carbocycles. The molecule has 0 saturated carbocycles. The predicted octanol–water partition coefficient (Wildman–Crippen LogP) is 4.45. The molecule has 0 saturated heterocycles. The van der Waals surface area contributed by atoms with Gasteiger partial charge in [-0.05, 0) is 42.5 Å². The zero-order valence-electron chi connectivity index (χ0n) is 19.4. The number of fused-ring (bicyclic) bond motifs is 3. The SMILES string of the molecule is CCC[C@@H](CC(=O)NC(C)(C)CC(=O)O)NC(=O)OCC1c2ccccc2-c2ccccc21. The Labute approximate surface area is 194 Å². The lowest BCUT2D eigenvalue weighted by Crippen LogP contribution is -2.47. The fourth-order valence-electron chi connectivity index (χ4n) is 4.45. The van der Waals surface area contributed by atoms with Crippen molar-refractivity contribution in [1.29, 1.82) is 0 Å². The number of carboxylic acid groups (broad SMARTS) is 1. The molecule has 2 aromatic carbocycles. The fourth-order valence-corrected chi connectivity index (χ4v) is 4.45. The summed E-state index contributed by atoms with van der Waals surface area (Å²) >= 11 is 0. The summed E-state index contributed by atoms with van der Waals surface area (Å²) in [5, 5.41) is 14.5. The van der Waals surface area contributed by atoms with E-state index in [9.17, 15) is 14.4 Å². The van der Waals surface area contributed by atoms with Crippen molar-refractivity contribution in [2.45, 2.75) is 64.0 Å². The van der Waals surface area contributed by atoms with Crippen LogP contribution in [0.2, 0.25) is 0 Å². The molecule has 0 unspecified atom stereocenters. The van der Waals surface area contributed by atoms with Gasteiger partial charge in [0.1, 0.15) is 6.61 Å². The highest BCUT2D eigenvalue weighted by Gasteiger charge is 2.30. The molecule has 0 fully saturated rings. The van der Waals surface area contributed by atoms with Gasteiger partial charge in [0.2, 0.25) is 5.91 Å². The molecule has 7 heteroatoms. The number of rotatable bonds is 10. The van der Waals surface area contributed by atoms with Crippen LogP contribution < -0.4 is 10.6 Å². The highest BCUT2D eigenvalue weighted by molar-refractivity contribution is 5.80. The first-order chi connectivity index (χ1) is 15.7. The number of nitrogens with one attached hydrogen (secondary N) is 2. The van der Waals surface area contributed by atoms with Crippen LogP contribution in [0.4, 0.5) is 4.79 Å². The number of hydrogen-bond donors (Lipinski definition) is 3. The molecule has 3 rings (SSSR count). The summed E-state index contributed by atoms with van der Waals surface area (Å²) in [6.07, 6.45) is 0.697. The van der Waals surface area contributed by atoms with Gasteiger partial charge in [-0.25, -0.2) is 4.79 Å². The van der Waals surface area contributed by atoms with Crippen molar-refractivity contribution < 1.29 is 24.2 Å². The number of carboxylic acids is 1. The smallest absolute Gasteiger partial charge is 0.407 e. The van der Waals surface area contributed by atoms with Crippen LogP contribution >= 0.6 is 0 Å². The van der Waals surface area contributed by atoms with Gasteiger partial charge in [-0.1, -0.05) is 61.9 Å². The lowest BCUT2D eigenvalue weighted by molar-refractivity contribution is -0.138. The molecule has 2 amide bonds. The Balaban J connectivity index is 1.58. The van der Waals surface area contributed by atoms with Crippen LogP contribution in [0.15, 0.2) is 48.5 Å². The normalized spacial score (nSPS) is 13.5. The van der Waals surface area contributed by atoms with Gasteiger partial charge >= 0.3 is 12.1 Å². The third-order valence-corrected chi connectivity index (χ3v) is 5.81. The quantitative estimate of drug-likeness (QED) is 0.494. The van der Waals surface area contributed by atoms with Crippen molar-refractivity contribution in [3.05, 3.63) is 59.7 Å². The largest absolute Gasteiger partial charge is 0.481 e. The lowest BCUT2D eigenvalue weighted by Gasteiger charge is -2.26. The van der Waals surface area contributed by atoms with Gasteiger partial charge < -0.3 is 20.5 Å². The summed E-state index contributed by atoms with van der Waals surface area (Å²) in [5.41, 5.74) is 3.72. The maximum atomic E-state index is 12.6. The molecular formula is C26H32N2O5.